The first-order chi connectivity index (χ1) is 14.5. The lowest BCUT2D eigenvalue weighted by Gasteiger charge is -2.33. The zero-order valence-corrected chi connectivity index (χ0v) is 17.8. The molecule has 1 saturated carbocycles. The molecule has 2 fully saturated rings. The van der Waals surface area contributed by atoms with Crippen molar-refractivity contribution in [3.8, 4) is 0 Å². The van der Waals surface area contributed by atoms with Crippen LogP contribution in [0.5, 0.6) is 0 Å². The predicted molar refractivity (Wildman–Crippen MR) is 106 cm³/mol. The standard InChI is InChI=1S/C20H23F3N4O3S/c1-26-18(28)9-17(24-26)13-3-2-12-7-15-4-5-16(8-14(12)6-13)19(15)10-27(11-20(21,22)23)31(29,30)25-19/h2-3,6,15-16,25H,4-5,7-11H2,1H3/t15-,16+,19-/m1/s1. The molecule has 1 aromatic carbocycles. The van der Waals surface area contributed by atoms with Crippen LogP contribution in [-0.2, 0) is 27.8 Å². The molecular weight excluding hydrogens is 433 g/mol. The van der Waals surface area contributed by atoms with Gasteiger partial charge in [0.05, 0.1) is 17.7 Å². The van der Waals surface area contributed by atoms with E-state index in [1.807, 2.05) is 18.2 Å². The number of carbonyl (C=O) groups is 1. The van der Waals surface area contributed by atoms with Gasteiger partial charge in [-0.05, 0) is 60.3 Å². The lowest BCUT2D eigenvalue weighted by molar-refractivity contribution is -0.136. The summed E-state index contributed by atoms with van der Waals surface area (Å²) in [6.07, 6.45) is -1.62. The Hall–Kier alpha value is -1.98. The van der Waals surface area contributed by atoms with E-state index >= 15 is 0 Å². The summed E-state index contributed by atoms with van der Waals surface area (Å²) in [4.78, 5) is 11.8. The zero-order valence-electron chi connectivity index (χ0n) is 16.9. The Kier molecular flexibility index (Phi) is 4.56. The largest absolute Gasteiger partial charge is 0.402 e. The average Bonchev–Trinajstić information content (AvgIpc) is 3.19. The predicted octanol–water partition coefficient (Wildman–Crippen LogP) is 1.83. The van der Waals surface area contributed by atoms with Crippen molar-refractivity contribution in [2.45, 2.75) is 43.8 Å². The van der Waals surface area contributed by atoms with E-state index in [0.29, 0.717) is 22.9 Å². The second-order valence-corrected chi connectivity index (χ2v) is 10.7. The van der Waals surface area contributed by atoms with Gasteiger partial charge in [0.15, 0.2) is 0 Å². The van der Waals surface area contributed by atoms with E-state index in [4.69, 9.17) is 0 Å². The normalized spacial score (nSPS) is 32.5. The van der Waals surface area contributed by atoms with Gasteiger partial charge >= 0.3 is 6.18 Å². The summed E-state index contributed by atoms with van der Waals surface area (Å²) in [6, 6.07) is 5.91. The Morgan fingerprint density at radius 3 is 2.48 bits per heavy atom. The van der Waals surface area contributed by atoms with Crippen LogP contribution in [0.1, 0.15) is 36.0 Å². The number of hydrogen-bond acceptors (Lipinski definition) is 4. The topological polar surface area (TPSA) is 82.1 Å². The SMILES string of the molecule is CN1N=C(c2ccc3c(c2)C[C@@H]2CC[C@H](C3)[C@]23CN(CC(F)(F)F)S(=O)(=O)N3)CC1=O. The van der Waals surface area contributed by atoms with E-state index in [2.05, 4.69) is 9.82 Å². The Balaban J connectivity index is 1.46. The van der Waals surface area contributed by atoms with Gasteiger partial charge in [0.25, 0.3) is 10.2 Å². The number of hydrogen-bond donors (Lipinski definition) is 1. The van der Waals surface area contributed by atoms with Crippen LogP contribution < -0.4 is 4.72 Å². The number of nitrogens with one attached hydrogen (secondary N) is 1. The van der Waals surface area contributed by atoms with Crippen LogP contribution in [0.2, 0.25) is 0 Å². The molecule has 3 atom stereocenters. The molecule has 2 bridgehead atoms. The molecule has 2 heterocycles. The molecule has 0 unspecified atom stereocenters. The van der Waals surface area contributed by atoms with Gasteiger partial charge in [-0.3, -0.25) is 4.79 Å². The second kappa shape index (κ2) is 6.76. The molecule has 1 N–H and O–H groups in total. The third kappa shape index (κ3) is 3.46. The number of alkyl halides is 3. The van der Waals surface area contributed by atoms with Crippen LogP contribution in [-0.4, -0.2) is 61.2 Å². The second-order valence-electron chi connectivity index (χ2n) is 9.03. The Morgan fingerprint density at radius 1 is 1.19 bits per heavy atom. The highest BCUT2D eigenvalue weighted by Crippen LogP contribution is 2.50. The van der Waals surface area contributed by atoms with Gasteiger partial charge < -0.3 is 0 Å². The van der Waals surface area contributed by atoms with Gasteiger partial charge in [-0.25, -0.2) is 5.01 Å². The molecule has 1 amide bonds. The molecule has 5 rings (SSSR count). The minimum absolute atomic E-state index is 0.0610. The maximum Gasteiger partial charge on any atom is 0.402 e. The number of halogens is 3. The molecule has 2 aliphatic heterocycles. The summed E-state index contributed by atoms with van der Waals surface area (Å²) in [5, 5.41) is 5.61. The van der Waals surface area contributed by atoms with Crippen LogP contribution >= 0.6 is 0 Å². The fraction of sp³-hybridized carbons (Fsp3) is 0.600. The average molecular weight is 456 g/mol. The molecule has 168 valence electrons. The van der Waals surface area contributed by atoms with Crippen molar-refractivity contribution in [3.63, 3.8) is 0 Å². The van der Waals surface area contributed by atoms with Gasteiger partial charge in [-0.1, -0.05) is 12.1 Å². The number of nitrogens with zero attached hydrogens (tertiary/aromatic N) is 3. The fourth-order valence-electron chi connectivity index (χ4n) is 5.71. The van der Waals surface area contributed by atoms with E-state index < -0.39 is 28.5 Å². The maximum atomic E-state index is 13.0. The van der Waals surface area contributed by atoms with Crippen LogP contribution in [0.4, 0.5) is 13.2 Å². The van der Waals surface area contributed by atoms with Crippen LogP contribution in [0.15, 0.2) is 23.3 Å². The summed E-state index contributed by atoms with van der Waals surface area (Å²) >= 11 is 0. The molecule has 1 spiro atoms. The number of benzene rings is 1. The molecular formula is C20H23F3N4O3S. The summed E-state index contributed by atoms with van der Waals surface area (Å²) in [7, 11) is -2.58. The van der Waals surface area contributed by atoms with Gasteiger partial charge in [-0.2, -0.15) is 35.7 Å². The highest BCUT2D eigenvalue weighted by Gasteiger charge is 2.60. The molecule has 4 aliphatic rings. The van der Waals surface area contributed by atoms with Crippen molar-refractivity contribution in [2.75, 3.05) is 20.1 Å². The molecule has 1 aromatic rings. The monoisotopic (exact) mass is 456 g/mol. The molecule has 2 aliphatic carbocycles. The van der Waals surface area contributed by atoms with Gasteiger partial charge in [0.2, 0.25) is 5.91 Å². The third-order valence-electron chi connectivity index (χ3n) is 7.20. The molecule has 0 aromatic heterocycles. The Bertz CT molecular complexity index is 1090. The zero-order chi connectivity index (χ0) is 22.2. The van der Waals surface area contributed by atoms with E-state index in [0.717, 1.165) is 29.5 Å². The van der Waals surface area contributed by atoms with Crippen LogP contribution in [0, 0.1) is 11.8 Å². The quantitative estimate of drug-likeness (QED) is 0.737. The number of fused-ring (bicyclic) bond motifs is 1. The summed E-state index contributed by atoms with van der Waals surface area (Å²) < 4.78 is 67.3. The van der Waals surface area contributed by atoms with Crippen LogP contribution in [0.3, 0.4) is 0 Å². The minimum Gasteiger partial charge on any atom is -0.273 e. The molecule has 0 radical (unpaired) electrons. The summed E-state index contributed by atoms with van der Waals surface area (Å²) in [6.45, 7) is -1.63. The Morgan fingerprint density at radius 2 is 1.87 bits per heavy atom. The first-order valence-electron chi connectivity index (χ1n) is 10.3. The lowest BCUT2D eigenvalue weighted by atomic mass is 9.79. The number of rotatable bonds is 2. The van der Waals surface area contributed by atoms with Gasteiger partial charge in [-0.15, -0.1) is 0 Å². The maximum absolute atomic E-state index is 13.0. The van der Waals surface area contributed by atoms with Crippen molar-refractivity contribution in [1.29, 1.82) is 0 Å². The van der Waals surface area contributed by atoms with Crippen molar-refractivity contribution in [1.82, 2.24) is 14.0 Å². The van der Waals surface area contributed by atoms with Crippen LogP contribution in [0.25, 0.3) is 0 Å². The molecule has 11 heteroatoms. The first kappa shape index (κ1) is 20.9. The van der Waals surface area contributed by atoms with E-state index in [1.54, 1.807) is 7.05 Å². The number of carbonyl (C=O) groups excluding carboxylic acids is 1. The van der Waals surface area contributed by atoms with Crippen molar-refractivity contribution >= 4 is 21.8 Å². The molecule has 31 heavy (non-hydrogen) atoms. The van der Waals surface area contributed by atoms with Gasteiger partial charge in [0.1, 0.15) is 6.54 Å². The highest BCUT2D eigenvalue weighted by molar-refractivity contribution is 7.87. The van der Waals surface area contributed by atoms with Crippen molar-refractivity contribution in [3.05, 3.63) is 34.9 Å². The van der Waals surface area contributed by atoms with E-state index in [1.165, 1.54) is 5.01 Å². The van der Waals surface area contributed by atoms with Crippen molar-refractivity contribution in [2.24, 2.45) is 16.9 Å². The lowest BCUT2D eigenvalue weighted by Crippen LogP contribution is -2.52. The number of amides is 1. The van der Waals surface area contributed by atoms with Gasteiger partial charge in [0, 0.05) is 13.6 Å². The minimum atomic E-state index is -4.59. The smallest absolute Gasteiger partial charge is 0.273 e. The Labute approximate surface area is 178 Å². The number of hydrazone groups is 1. The summed E-state index contributed by atoms with van der Waals surface area (Å²) in [5.41, 5.74) is 2.81. The highest BCUT2D eigenvalue weighted by atomic mass is 32.2. The van der Waals surface area contributed by atoms with E-state index in [-0.39, 0.29) is 30.7 Å². The first-order valence-corrected chi connectivity index (χ1v) is 11.7. The van der Waals surface area contributed by atoms with E-state index in [9.17, 15) is 26.4 Å². The van der Waals surface area contributed by atoms with Crippen molar-refractivity contribution < 1.29 is 26.4 Å². The summed E-state index contributed by atoms with van der Waals surface area (Å²) in [5.74, 6) is -0.223. The molecule has 1 saturated heterocycles. The fourth-order valence-corrected chi connectivity index (χ4v) is 7.42. The molecule has 7 nitrogen and oxygen atoms in total. The third-order valence-corrected chi connectivity index (χ3v) is 8.77.